The van der Waals surface area contributed by atoms with E-state index in [1.54, 1.807) is 54.6 Å². The number of halogens is 5. The van der Waals surface area contributed by atoms with Crippen molar-refractivity contribution in [1.29, 1.82) is 0 Å². The van der Waals surface area contributed by atoms with Crippen molar-refractivity contribution in [3.63, 3.8) is 0 Å². The molecule has 0 atom stereocenters. The fraction of sp³-hybridized carbons (Fsp3) is 0.0870. The van der Waals surface area contributed by atoms with Gasteiger partial charge >= 0.3 is 6.18 Å². The van der Waals surface area contributed by atoms with Crippen LogP contribution in [0.25, 0.3) is 16.8 Å². The number of para-hydroxylation sites is 2. The smallest absolute Gasteiger partial charge is 0.435 e. The molecule has 0 aliphatic carbocycles. The van der Waals surface area contributed by atoms with Crippen molar-refractivity contribution in [2.75, 3.05) is 0 Å². The Morgan fingerprint density at radius 3 is 2.19 bits per heavy atom. The summed E-state index contributed by atoms with van der Waals surface area (Å²) in [5, 5.41) is 14.0. The Labute approximate surface area is 191 Å². The summed E-state index contributed by atoms with van der Waals surface area (Å²) in [6, 6.07) is 19.2. The highest BCUT2D eigenvalue weighted by molar-refractivity contribution is 6.37. The molecule has 1 N–H and O–H groups in total. The predicted octanol–water partition coefficient (Wildman–Crippen LogP) is 7.15. The van der Waals surface area contributed by atoms with E-state index < -0.39 is 11.9 Å². The summed E-state index contributed by atoms with van der Waals surface area (Å²) < 4.78 is 46.6. The molecule has 0 spiro atoms. The van der Waals surface area contributed by atoms with Crippen LogP contribution in [0.15, 0.2) is 72.8 Å². The molecule has 0 saturated heterocycles. The summed E-state index contributed by atoms with van der Waals surface area (Å²) in [7, 11) is 0. The third-order valence-corrected chi connectivity index (χ3v) is 5.29. The highest BCUT2D eigenvalue weighted by Gasteiger charge is 2.35. The Morgan fingerprint density at radius 1 is 0.906 bits per heavy atom. The molecule has 4 rings (SSSR count). The van der Waals surface area contributed by atoms with Gasteiger partial charge in [0.1, 0.15) is 23.8 Å². The molecule has 0 fully saturated rings. The van der Waals surface area contributed by atoms with Gasteiger partial charge in [0.2, 0.25) is 0 Å². The third-order valence-electron chi connectivity index (χ3n) is 4.68. The topological polar surface area (TPSA) is 47.3 Å². The fourth-order valence-electron chi connectivity index (χ4n) is 3.15. The number of ether oxygens (including phenoxy) is 1. The van der Waals surface area contributed by atoms with Crippen molar-refractivity contribution in [1.82, 2.24) is 9.78 Å². The number of aromatic hydroxyl groups is 1. The van der Waals surface area contributed by atoms with Crippen molar-refractivity contribution < 1.29 is 23.0 Å². The van der Waals surface area contributed by atoms with Gasteiger partial charge in [-0.25, -0.2) is 4.68 Å². The molecule has 0 aliphatic rings. The first-order chi connectivity index (χ1) is 15.2. The van der Waals surface area contributed by atoms with E-state index in [4.69, 9.17) is 27.9 Å². The molecular formula is C23H15Cl2F3N2O2. The van der Waals surface area contributed by atoms with E-state index in [0.717, 1.165) is 16.3 Å². The SMILES string of the molecule is Oc1ccccc1-c1ccc(OCc2cc(C(F)(F)F)nn2-c2c(Cl)cccc2Cl)cc1. The predicted molar refractivity (Wildman–Crippen MR) is 116 cm³/mol. The number of hydrogen-bond acceptors (Lipinski definition) is 3. The number of aromatic nitrogens is 2. The van der Waals surface area contributed by atoms with Crippen LogP contribution < -0.4 is 4.74 Å². The Hall–Kier alpha value is -3.16. The second-order valence-corrected chi connectivity index (χ2v) is 7.65. The lowest BCUT2D eigenvalue weighted by Crippen LogP contribution is -2.09. The molecule has 0 unspecified atom stereocenters. The maximum absolute atomic E-state index is 13.3. The number of phenols is 1. The average Bonchev–Trinajstić information content (AvgIpc) is 3.17. The highest BCUT2D eigenvalue weighted by Crippen LogP contribution is 2.34. The van der Waals surface area contributed by atoms with Crippen LogP contribution in [-0.4, -0.2) is 14.9 Å². The van der Waals surface area contributed by atoms with Crippen LogP contribution >= 0.6 is 23.2 Å². The first-order valence-electron chi connectivity index (χ1n) is 9.36. The van der Waals surface area contributed by atoms with Crippen LogP contribution in [0.3, 0.4) is 0 Å². The third kappa shape index (κ3) is 4.54. The molecule has 1 aromatic heterocycles. The maximum Gasteiger partial charge on any atom is 0.435 e. The first kappa shape index (κ1) is 22.0. The first-order valence-corrected chi connectivity index (χ1v) is 10.1. The summed E-state index contributed by atoms with van der Waals surface area (Å²) in [6.45, 7) is -0.208. The van der Waals surface area contributed by atoms with Gasteiger partial charge in [0.25, 0.3) is 0 Å². The van der Waals surface area contributed by atoms with E-state index >= 15 is 0 Å². The number of nitrogens with zero attached hydrogens (tertiary/aromatic N) is 2. The number of hydrogen-bond donors (Lipinski definition) is 1. The van der Waals surface area contributed by atoms with Crippen LogP contribution in [0.5, 0.6) is 11.5 Å². The lowest BCUT2D eigenvalue weighted by atomic mass is 10.0. The fourth-order valence-corrected chi connectivity index (χ4v) is 3.71. The molecule has 3 aromatic carbocycles. The molecule has 0 bridgehead atoms. The van der Waals surface area contributed by atoms with Gasteiger partial charge in [-0.2, -0.15) is 18.3 Å². The zero-order valence-electron chi connectivity index (χ0n) is 16.3. The minimum atomic E-state index is -4.65. The van der Waals surface area contributed by atoms with Gasteiger partial charge in [0.15, 0.2) is 5.69 Å². The number of alkyl halides is 3. The molecule has 0 aliphatic heterocycles. The summed E-state index contributed by atoms with van der Waals surface area (Å²) in [4.78, 5) is 0. The molecule has 9 heteroatoms. The van der Waals surface area contributed by atoms with Crippen LogP contribution in [0, 0.1) is 0 Å². The summed E-state index contributed by atoms with van der Waals surface area (Å²) in [5.74, 6) is 0.567. The number of benzene rings is 3. The average molecular weight is 479 g/mol. The second-order valence-electron chi connectivity index (χ2n) is 6.83. The zero-order chi connectivity index (χ0) is 22.9. The maximum atomic E-state index is 13.3. The molecule has 0 radical (unpaired) electrons. The van der Waals surface area contributed by atoms with Crippen LogP contribution in [0.4, 0.5) is 13.2 Å². The van der Waals surface area contributed by atoms with E-state index in [1.807, 2.05) is 0 Å². The van der Waals surface area contributed by atoms with Gasteiger partial charge in [-0.05, 0) is 42.0 Å². The van der Waals surface area contributed by atoms with Crippen molar-refractivity contribution in [2.24, 2.45) is 0 Å². The summed E-state index contributed by atoms with van der Waals surface area (Å²) in [5.41, 5.74) is 0.599. The molecule has 0 saturated carbocycles. The molecule has 164 valence electrons. The minimum absolute atomic E-state index is 0.122. The minimum Gasteiger partial charge on any atom is -0.507 e. The lowest BCUT2D eigenvalue weighted by molar-refractivity contribution is -0.141. The van der Waals surface area contributed by atoms with Crippen molar-refractivity contribution >= 4 is 23.2 Å². The second kappa shape index (κ2) is 8.76. The molecule has 4 aromatic rings. The Kier molecular flexibility index (Phi) is 6.04. The van der Waals surface area contributed by atoms with E-state index in [2.05, 4.69) is 5.10 Å². The van der Waals surface area contributed by atoms with Gasteiger partial charge < -0.3 is 9.84 Å². The Morgan fingerprint density at radius 2 is 1.56 bits per heavy atom. The Bertz CT molecular complexity index is 1230. The van der Waals surface area contributed by atoms with Crippen molar-refractivity contribution in [2.45, 2.75) is 12.8 Å². The van der Waals surface area contributed by atoms with Gasteiger partial charge in [0, 0.05) is 5.56 Å². The van der Waals surface area contributed by atoms with Crippen LogP contribution in [0.2, 0.25) is 10.0 Å². The van der Waals surface area contributed by atoms with Gasteiger partial charge in [-0.15, -0.1) is 0 Å². The number of rotatable bonds is 5. The Balaban J connectivity index is 1.62. The van der Waals surface area contributed by atoms with Crippen LogP contribution in [0.1, 0.15) is 11.4 Å². The zero-order valence-corrected chi connectivity index (χ0v) is 17.8. The van der Waals surface area contributed by atoms with E-state index in [-0.39, 0.29) is 33.8 Å². The highest BCUT2D eigenvalue weighted by atomic mass is 35.5. The summed E-state index contributed by atoms with van der Waals surface area (Å²) >= 11 is 12.4. The molecule has 0 amide bonds. The molecule has 32 heavy (non-hydrogen) atoms. The van der Waals surface area contributed by atoms with Gasteiger partial charge in [-0.1, -0.05) is 59.6 Å². The van der Waals surface area contributed by atoms with E-state index in [9.17, 15) is 18.3 Å². The molecule has 1 heterocycles. The standard InChI is InChI=1S/C23H15Cl2F3N2O2/c24-18-5-3-6-19(25)22(18)30-15(12-21(29-30)23(26,27)28)13-32-16-10-8-14(9-11-16)17-4-1-2-7-20(17)31/h1-12,31H,13H2. The monoisotopic (exact) mass is 478 g/mol. The quantitative estimate of drug-likeness (QED) is 0.331. The molecular weight excluding hydrogens is 464 g/mol. The molecule has 4 nitrogen and oxygen atoms in total. The lowest BCUT2D eigenvalue weighted by Gasteiger charge is -2.12. The number of phenolic OH excluding ortho intramolecular Hbond substituents is 1. The van der Waals surface area contributed by atoms with Gasteiger partial charge in [0.05, 0.1) is 15.7 Å². The van der Waals surface area contributed by atoms with Crippen molar-refractivity contribution in [3.05, 3.63) is 94.2 Å². The van der Waals surface area contributed by atoms with Gasteiger partial charge in [-0.3, -0.25) is 0 Å². The van der Waals surface area contributed by atoms with Crippen molar-refractivity contribution in [3.8, 4) is 28.3 Å². The largest absolute Gasteiger partial charge is 0.507 e. The van der Waals surface area contributed by atoms with E-state index in [1.165, 1.54) is 12.1 Å². The van der Waals surface area contributed by atoms with E-state index in [0.29, 0.717) is 11.3 Å². The normalized spacial score (nSPS) is 11.5. The summed E-state index contributed by atoms with van der Waals surface area (Å²) in [6.07, 6.45) is -4.65. The van der Waals surface area contributed by atoms with Crippen LogP contribution in [-0.2, 0) is 12.8 Å².